The van der Waals surface area contributed by atoms with Crippen molar-refractivity contribution in [3.05, 3.63) is 65.8 Å². The lowest BCUT2D eigenvalue weighted by Crippen LogP contribution is -2.32. The average Bonchev–Trinajstić information content (AvgIpc) is 3.06. The molecule has 0 bridgehead atoms. The van der Waals surface area contributed by atoms with Crippen LogP contribution in [0.15, 0.2) is 48.8 Å². The van der Waals surface area contributed by atoms with Crippen LogP contribution in [-0.4, -0.2) is 32.8 Å². The molecule has 0 radical (unpaired) electrons. The predicted molar refractivity (Wildman–Crippen MR) is 99.4 cm³/mol. The molecule has 2 aromatic heterocycles. The van der Waals surface area contributed by atoms with Crippen LogP contribution >= 0.6 is 0 Å². The Balaban J connectivity index is 1.58. The number of hydrogen-bond acceptors (Lipinski definition) is 4. The zero-order valence-electron chi connectivity index (χ0n) is 14.3. The van der Waals surface area contributed by atoms with Gasteiger partial charge in [0.15, 0.2) is 5.82 Å². The number of imidazole rings is 1. The molecule has 0 fully saturated rings. The lowest BCUT2D eigenvalue weighted by molar-refractivity contribution is 0.0930. The van der Waals surface area contributed by atoms with Crippen LogP contribution < -0.4 is 11.1 Å². The number of pyridine rings is 1. The van der Waals surface area contributed by atoms with Crippen molar-refractivity contribution >= 4 is 28.9 Å². The second-order valence-electron chi connectivity index (χ2n) is 5.99. The third-order valence-corrected chi connectivity index (χ3v) is 3.83. The molecule has 0 saturated carbocycles. The summed E-state index contributed by atoms with van der Waals surface area (Å²) in [5.41, 5.74) is 7.96. The summed E-state index contributed by atoms with van der Waals surface area (Å²) in [5.74, 6) is -0.473. The first kappa shape index (κ1) is 17.3. The first-order chi connectivity index (χ1) is 12.5. The lowest BCUT2D eigenvalue weighted by atomic mass is 10.1. The largest absolute Gasteiger partial charge is 0.366 e. The highest BCUT2D eigenvalue weighted by Gasteiger charge is 2.13. The summed E-state index contributed by atoms with van der Waals surface area (Å²) >= 11 is 0. The van der Waals surface area contributed by atoms with E-state index in [1.807, 2.05) is 43.3 Å². The first-order valence-corrected chi connectivity index (χ1v) is 8.20. The first-order valence-electron chi connectivity index (χ1n) is 8.20. The number of nitrogens with zero attached hydrogens (tertiary/aromatic N) is 2. The number of nitrogens with two attached hydrogens (primary N) is 1. The van der Waals surface area contributed by atoms with Crippen LogP contribution in [0.5, 0.6) is 0 Å². The minimum atomic E-state index is -0.515. The van der Waals surface area contributed by atoms with E-state index in [4.69, 9.17) is 5.73 Å². The fraction of sp³-hybridized carbons (Fsp3) is 0.158. The molecule has 0 aliphatic heterocycles. The van der Waals surface area contributed by atoms with Gasteiger partial charge in [-0.2, -0.15) is 0 Å². The summed E-state index contributed by atoms with van der Waals surface area (Å²) in [4.78, 5) is 34.7. The molecule has 0 aliphatic carbocycles. The van der Waals surface area contributed by atoms with E-state index in [0.29, 0.717) is 17.8 Å². The molecule has 1 atom stereocenters. The summed E-state index contributed by atoms with van der Waals surface area (Å²) in [6.45, 7) is 1.91. The van der Waals surface area contributed by atoms with Gasteiger partial charge in [-0.1, -0.05) is 24.3 Å². The quantitative estimate of drug-likeness (QED) is 0.633. The number of benzene rings is 1. The third kappa shape index (κ3) is 4.13. The smallest absolute Gasteiger partial charge is 0.287 e. The van der Waals surface area contributed by atoms with Crippen LogP contribution in [0.25, 0.3) is 17.1 Å². The topological polar surface area (TPSA) is 114 Å². The Morgan fingerprint density at radius 3 is 2.88 bits per heavy atom. The molecule has 4 N–H and O–H groups in total. The summed E-state index contributed by atoms with van der Waals surface area (Å²) in [6.07, 6.45) is 7.43. The summed E-state index contributed by atoms with van der Waals surface area (Å²) in [5, 5.41) is 2.90. The van der Waals surface area contributed by atoms with Crippen molar-refractivity contribution in [3.8, 4) is 0 Å². The van der Waals surface area contributed by atoms with Gasteiger partial charge in [0.1, 0.15) is 0 Å². The van der Waals surface area contributed by atoms with E-state index in [1.165, 1.54) is 6.20 Å². The molecule has 7 nitrogen and oxygen atoms in total. The second kappa shape index (κ2) is 7.60. The number of rotatable bonds is 6. The predicted octanol–water partition coefficient (Wildman–Crippen LogP) is 2.28. The van der Waals surface area contributed by atoms with Crippen LogP contribution in [0.3, 0.4) is 0 Å². The number of aromatic nitrogens is 3. The van der Waals surface area contributed by atoms with Gasteiger partial charge in [-0.3, -0.25) is 14.6 Å². The van der Waals surface area contributed by atoms with Crippen molar-refractivity contribution in [1.82, 2.24) is 20.3 Å². The van der Waals surface area contributed by atoms with E-state index in [-0.39, 0.29) is 11.9 Å². The number of aromatic amines is 1. The monoisotopic (exact) mass is 349 g/mol. The number of carbonyl (C=O) groups excluding carboxylic acids is 2. The van der Waals surface area contributed by atoms with Crippen molar-refractivity contribution in [2.45, 2.75) is 19.4 Å². The summed E-state index contributed by atoms with van der Waals surface area (Å²) < 4.78 is 0. The maximum atomic E-state index is 12.3. The van der Waals surface area contributed by atoms with Crippen LogP contribution in [0.2, 0.25) is 0 Å². The van der Waals surface area contributed by atoms with Gasteiger partial charge in [0.25, 0.3) is 5.91 Å². The SMILES string of the molecule is C[C@@H](C/C=C/c1cncc(C(N)=O)c1)NC(=O)c1nc2ccccc2[nH]1. The normalized spacial score (nSPS) is 12.3. The van der Waals surface area contributed by atoms with Gasteiger partial charge in [0, 0.05) is 18.4 Å². The van der Waals surface area contributed by atoms with Crippen molar-refractivity contribution in [3.63, 3.8) is 0 Å². The minimum absolute atomic E-state index is 0.0840. The highest BCUT2D eigenvalue weighted by Crippen LogP contribution is 2.10. The average molecular weight is 349 g/mol. The minimum Gasteiger partial charge on any atom is -0.366 e. The molecule has 0 aliphatic rings. The molecule has 26 heavy (non-hydrogen) atoms. The van der Waals surface area contributed by atoms with Crippen molar-refractivity contribution in [2.24, 2.45) is 5.73 Å². The molecule has 0 spiro atoms. The molecule has 132 valence electrons. The van der Waals surface area contributed by atoms with Crippen molar-refractivity contribution < 1.29 is 9.59 Å². The van der Waals surface area contributed by atoms with Crippen LogP contribution in [-0.2, 0) is 0 Å². The molecular weight excluding hydrogens is 330 g/mol. The molecule has 7 heteroatoms. The number of H-pyrrole nitrogens is 1. The molecule has 3 rings (SSSR count). The number of amides is 2. The number of hydrogen-bond donors (Lipinski definition) is 3. The molecular formula is C19H19N5O2. The standard InChI is InChI=1S/C19H19N5O2/c1-12(5-4-6-13-9-14(17(20)25)11-21-10-13)22-19(26)18-23-15-7-2-3-8-16(15)24-18/h2-4,6-12H,5H2,1H3,(H2,20,25)(H,22,26)(H,23,24)/b6-4+/t12-/m0/s1. The lowest BCUT2D eigenvalue weighted by Gasteiger charge is -2.10. The number of fused-ring (bicyclic) bond motifs is 1. The number of carbonyl (C=O) groups is 2. The zero-order chi connectivity index (χ0) is 18.5. The second-order valence-corrected chi connectivity index (χ2v) is 5.99. The number of para-hydroxylation sites is 2. The van der Waals surface area contributed by atoms with E-state index in [0.717, 1.165) is 16.6 Å². The van der Waals surface area contributed by atoms with Crippen molar-refractivity contribution in [1.29, 1.82) is 0 Å². The van der Waals surface area contributed by atoms with Gasteiger partial charge >= 0.3 is 0 Å². The maximum absolute atomic E-state index is 12.3. The zero-order valence-corrected chi connectivity index (χ0v) is 14.3. The highest BCUT2D eigenvalue weighted by atomic mass is 16.2. The molecule has 2 heterocycles. The van der Waals surface area contributed by atoms with E-state index in [9.17, 15) is 9.59 Å². The molecule has 1 aromatic carbocycles. The molecule has 0 unspecified atom stereocenters. The Labute approximate surface area is 150 Å². The van der Waals surface area contributed by atoms with Gasteiger partial charge in [-0.15, -0.1) is 0 Å². The van der Waals surface area contributed by atoms with Gasteiger partial charge in [-0.05, 0) is 37.1 Å². The maximum Gasteiger partial charge on any atom is 0.287 e. The Hall–Kier alpha value is -3.48. The van der Waals surface area contributed by atoms with Gasteiger partial charge < -0.3 is 16.0 Å². The molecule has 3 aromatic rings. The molecule has 2 amide bonds. The van der Waals surface area contributed by atoms with Gasteiger partial charge in [0.05, 0.1) is 16.6 Å². The van der Waals surface area contributed by atoms with E-state index >= 15 is 0 Å². The van der Waals surface area contributed by atoms with Crippen LogP contribution in [0.1, 0.15) is 39.9 Å². The van der Waals surface area contributed by atoms with Gasteiger partial charge in [-0.25, -0.2) is 4.98 Å². The van der Waals surface area contributed by atoms with Crippen LogP contribution in [0.4, 0.5) is 0 Å². The van der Waals surface area contributed by atoms with E-state index in [1.54, 1.807) is 12.3 Å². The Kier molecular flexibility index (Phi) is 5.07. The number of nitrogens with one attached hydrogen (secondary N) is 2. The van der Waals surface area contributed by atoms with E-state index < -0.39 is 5.91 Å². The summed E-state index contributed by atoms with van der Waals surface area (Å²) in [7, 11) is 0. The van der Waals surface area contributed by atoms with Crippen molar-refractivity contribution in [2.75, 3.05) is 0 Å². The molecule has 0 saturated heterocycles. The Morgan fingerprint density at radius 1 is 1.31 bits per heavy atom. The fourth-order valence-electron chi connectivity index (χ4n) is 2.50. The Morgan fingerprint density at radius 2 is 2.12 bits per heavy atom. The Bertz CT molecular complexity index is 944. The van der Waals surface area contributed by atoms with Crippen LogP contribution in [0, 0.1) is 0 Å². The highest BCUT2D eigenvalue weighted by molar-refractivity contribution is 5.94. The fourth-order valence-corrected chi connectivity index (χ4v) is 2.50. The third-order valence-electron chi connectivity index (χ3n) is 3.83. The summed E-state index contributed by atoms with van der Waals surface area (Å²) in [6, 6.07) is 9.07. The van der Waals surface area contributed by atoms with E-state index in [2.05, 4.69) is 20.3 Å². The number of primary amides is 1. The van der Waals surface area contributed by atoms with Gasteiger partial charge in [0.2, 0.25) is 5.91 Å².